The first-order valence-corrected chi connectivity index (χ1v) is 8.50. The van der Waals surface area contributed by atoms with E-state index in [2.05, 4.69) is 5.32 Å². The molecule has 0 unspecified atom stereocenters. The van der Waals surface area contributed by atoms with Gasteiger partial charge in [-0.25, -0.2) is 4.79 Å². The molecule has 0 fully saturated rings. The number of carbonyl (C=O) groups is 2. The average Bonchev–Trinajstić information content (AvgIpc) is 2.86. The van der Waals surface area contributed by atoms with Gasteiger partial charge in [0, 0.05) is 4.88 Å². The lowest BCUT2D eigenvalue weighted by Gasteiger charge is -2.17. The van der Waals surface area contributed by atoms with Crippen molar-refractivity contribution in [3.05, 3.63) is 46.3 Å². The Hall–Kier alpha value is -2.34. The van der Waals surface area contributed by atoms with Crippen molar-refractivity contribution in [1.82, 2.24) is 0 Å². The van der Waals surface area contributed by atoms with Crippen molar-refractivity contribution in [3.8, 4) is 5.75 Å². The molecular formula is C18H21NO4S. The normalized spacial score (nSPS) is 11.7. The molecule has 1 aromatic heterocycles. The molecule has 128 valence electrons. The molecule has 2 rings (SSSR count). The summed E-state index contributed by atoms with van der Waals surface area (Å²) in [5.41, 5.74) is 1.22. The fourth-order valence-electron chi connectivity index (χ4n) is 2.24. The third-order valence-corrected chi connectivity index (χ3v) is 4.82. The number of thiophene rings is 1. The Bertz CT molecular complexity index is 724. The maximum Gasteiger partial charge on any atom is 0.341 e. The molecule has 2 aromatic rings. The highest BCUT2D eigenvalue weighted by Crippen LogP contribution is 2.33. The van der Waals surface area contributed by atoms with E-state index in [-0.39, 0.29) is 5.91 Å². The van der Waals surface area contributed by atoms with Crippen LogP contribution in [0.2, 0.25) is 0 Å². The number of aryl methyl sites for hydroxylation is 1. The molecule has 0 saturated heterocycles. The Labute approximate surface area is 145 Å². The van der Waals surface area contributed by atoms with Gasteiger partial charge in [0.2, 0.25) is 0 Å². The minimum atomic E-state index is -0.638. The van der Waals surface area contributed by atoms with Gasteiger partial charge in [0.05, 0.1) is 12.7 Å². The Kier molecular flexibility index (Phi) is 5.98. The van der Waals surface area contributed by atoms with E-state index in [0.717, 1.165) is 10.4 Å². The number of nitrogens with one attached hydrogen (secondary N) is 1. The van der Waals surface area contributed by atoms with Crippen LogP contribution >= 0.6 is 11.3 Å². The van der Waals surface area contributed by atoms with Crippen molar-refractivity contribution in [3.63, 3.8) is 0 Å². The fourth-order valence-corrected chi connectivity index (χ4v) is 3.29. The van der Waals surface area contributed by atoms with Gasteiger partial charge in [-0.2, -0.15) is 0 Å². The number of hydrogen-bond acceptors (Lipinski definition) is 5. The van der Waals surface area contributed by atoms with E-state index < -0.39 is 12.1 Å². The molecule has 0 saturated carbocycles. The molecular weight excluding hydrogens is 326 g/mol. The molecule has 0 bridgehead atoms. The zero-order chi connectivity index (χ0) is 17.7. The number of benzene rings is 1. The van der Waals surface area contributed by atoms with Gasteiger partial charge in [-0.15, -0.1) is 11.3 Å². The van der Waals surface area contributed by atoms with Crippen LogP contribution in [0.25, 0.3) is 0 Å². The third kappa shape index (κ3) is 3.94. The number of anilines is 1. The molecule has 24 heavy (non-hydrogen) atoms. The van der Waals surface area contributed by atoms with E-state index in [1.807, 2.05) is 39.0 Å². The molecule has 0 radical (unpaired) electrons. The zero-order valence-corrected chi connectivity index (χ0v) is 15.0. The van der Waals surface area contributed by atoms with E-state index in [1.165, 1.54) is 18.4 Å². The molecule has 0 aliphatic heterocycles. The Morgan fingerprint density at radius 3 is 2.46 bits per heavy atom. The van der Waals surface area contributed by atoms with Crippen LogP contribution in [-0.2, 0) is 9.53 Å². The van der Waals surface area contributed by atoms with Gasteiger partial charge in [-0.3, -0.25) is 4.79 Å². The number of methoxy groups -OCH3 is 1. The van der Waals surface area contributed by atoms with E-state index in [1.54, 1.807) is 12.1 Å². The number of rotatable bonds is 6. The first-order valence-electron chi connectivity index (χ1n) is 7.68. The summed E-state index contributed by atoms with van der Waals surface area (Å²) < 4.78 is 10.6. The van der Waals surface area contributed by atoms with Crippen LogP contribution in [0.3, 0.4) is 0 Å². The second-order valence-electron chi connectivity index (χ2n) is 5.30. The monoisotopic (exact) mass is 347 g/mol. The van der Waals surface area contributed by atoms with Gasteiger partial charge in [-0.05, 0) is 38.0 Å². The molecule has 1 N–H and O–H groups in total. The standard InChI is InChI=1S/C18H21NO4S/c1-5-14(23-13-9-7-6-8-10-13)16(20)19-17-15(18(21)22-4)11(2)12(3)24-17/h6-10,14H,5H2,1-4H3,(H,19,20)/t14-/m1/s1. The zero-order valence-electron chi connectivity index (χ0n) is 14.2. The third-order valence-electron chi connectivity index (χ3n) is 3.70. The van der Waals surface area contributed by atoms with Gasteiger partial charge in [0.15, 0.2) is 6.10 Å². The smallest absolute Gasteiger partial charge is 0.341 e. The van der Waals surface area contributed by atoms with Gasteiger partial charge < -0.3 is 14.8 Å². The largest absolute Gasteiger partial charge is 0.481 e. The number of amides is 1. The molecule has 6 heteroatoms. The van der Waals surface area contributed by atoms with Crippen LogP contribution in [0.15, 0.2) is 30.3 Å². The molecule has 0 aliphatic rings. The Morgan fingerprint density at radius 2 is 1.88 bits per heavy atom. The van der Waals surface area contributed by atoms with Gasteiger partial charge in [0.25, 0.3) is 5.91 Å². The lowest BCUT2D eigenvalue weighted by atomic mass is 10.1. The maximum absolute atomic E-state index is 12.6. The predicted molar refractivity (Wildman–Crippen MR) is 94.9 cm³/mol. The Morgan fingerprint density at radius 1 is 1.21 bits per heavy atom. The molecule has 1 aromatic carbocycles. The average molecular weight is 347 g/mol. The van der Waals surface area contributed by atoms with E-state index in [9.17, 15) is 9.59 Å². The van der Waals surface area contributed by atoms with Crippen LogP contribution in [0.4, 0.5) is 5.00 Å². The fraction of sp³-hybridized carbons (Fsp3) is 0.333. The SMILES string of the molecule is CC[C@@H](Oc1ccccc1)C(=O)Nc1sc(C)c(C)c1C(=O)OC. The summed E-state index contributed by atoms with van der Waals surface area (Å²) >= 11 is 1.36. The summed E-state index contributed by atoms with van der Waals surface area (Å²) in [5, 5.41) is 3.31. The summed E-state index contributed by atoms with van der Waals surface area (Å²) in [4.78, 5) is 25.5. The van der Waals surface area contributed by atoms with Crippen molar-refractivity contribution in [2.45, 2.75) is 33.3 Å². The van der Waals surface area contributed by atoms with Crippen molar-refractivity contribution in [1.29, 1.82) is 0 Å². The van der Waals surface area contributed by atoms with Crippen LogP contribution in [0.1, 0.15) is 34.1 Å². The summed E-state index contributed by atoms with van der Waals surface area (Å²) in [7, 11) is 1.33. The van der Waals surface area contributed by atoms with Crippen molar-refractivity contribution in [2.24, 2.45) is 0 Å². The van der Waals surface area contributed by atoms with E-state index >= 15 is 0 Å². The first-order chi connectivity index (χ1) is 11.5. The molecule has 1 atom stereocenters. The van der Waals surface area contributed by atoms with Gasteiger partial charge in [-0.1, -0.05) is 25.1 Å². The Balaban J connectivity index is 2.19. The predicted octanol–water partition coefficient (Wildman–Crippen LogP) is 3.95. The molecule has 0 aliphatic carbocycles. The van der Waals surface area contributed by atoms with Crippen LogP contribution in [0, 0.1) is 13.8 Å². The van der Waals surface area contributed by atoms with Crippen LogP contribution in [-0.4, -0.2) is 25.1 Å². The number of ether oxygens (including phenoxy) is 2. The van der Waals surface area contributed by atoms with Gasteiger partial charge in [0.1, 0.15) is 10.8 Å². The van der Waals surface area contributed by atoms with Crippen LogP contribution in [0.5, 0.6) is 5.75 Å². The van der Waals surface area contributed by atoms with Crippen molar-refractivity contribution >= 4 is 28.2 Å². The number of carbonyl (C=O) groups excluding carboxylic acids is 2. The summed E-state index contributed by atoms with van der Waals surface area (Å²) in [6.07, 6.45) is -0.127. The number of para-hydroxylation sites is 1. The molecule has 1 heterocycles. The summed E-state index contributed by atoms with van der Waals surface area (Å²) in [5.74, 6) is -0.108. The van der Waals surface area contributed by atoms with Crippen molar-refractivity contribution in [2.75, 3.05) is 12.4 Å². The minimum absolute atomic E-state index is 0.284. The molecule has 0 spiro atoms. The number of hydrogen-bond donors (Lipinski definition) is 1. The summed E-state index contributed by atoms with van der Waals surface area (Å²) in [6, 6.07) is 9.18. The maximum atomic E-state index is 12.6. The highest BCUT2D eigenvalue weighted by atomic mass is 32.1. The second kappa shape index (κ2) is 7.97. The first kappa shape index (κ1) is 18.0. The second-order valence-corrected chi connectivity index (χ2v) is 6.52. The highest BCUT2D eigenvalue weighted by Gasteiger charge is 2.25. The lowest BCUT2D eigenvalue weighted by molar-refractivity contribution is -0.122. The molecule has 1 amide bonds. The minimum Gasteiger partial charge on any atom is -0.481 e. The lowest BCUT2D eigenvalue weighted by Crippen LogP contribution is -2.32. The van der Waals surface area contributed by atoms with Gasteiger partial charge >= 0.3 is 5.97 Å². The highest BCUT2D eigenvalue weighted by molar-refractivity contribution is 7.16. The quantitative estimate of drug-likeness (QED) is 0.804. The van der Waals surface area contributed by atoms with E-state index in [4.69, 9.17) is 9.47 Å². The topological polar surface area (TPSA) is 64.6 Å². The number of esters is 1. The molecule has 5 nitrogen and oxygen atoms in total. The van der Waals surface area contributed by atoms with E-state index in [0.29, 0.717) is 22.7 Å². The van der Waals surface area contributed by atoms with Crippen LogP contribution < -0.4 is 10.1 Å². The summed E-state index contributed by atoms with van der Waals surface area (Å²) in [6.45, 7) is 5.62. The van der Waals surface area contributed by atoms with Crippen molar-refractivity contribution < 1.29 is 19.1 Å².